The molecule has 5 rings (SSSR count). The van der Waals surface area contributed by atoms with E-state index in [1.807, 2.05) is 39.2 Å². The van der Waals surface area contributed by atoms with Crippen molar-refractivity contribution in [2.24, 2.45) is 7.05 Å². The lowest BCUT2D eigenvalue weighted by atomic mass is 10.0. The molecule has 0 atom stereocenters. The Labute approximate surface area is 195 Å². The van der Waals surface area contributed by atoms with Gasteiger partial charge in [0.05, 0.1) is 5.69 Å². The second-order valence-electron chi connectivity index (χ2n) is 8.36. The smallest absolute Gasteiger partial charge is 0.253 e. The molecule has 1 aliphatic rings. The highest BCUT2D eigenvalue weighted by Crippen LogP contribution is 2.32. The number of fused-ring (bicyclic) bond motifs is 1. The van der Waals surface area contributed by atoms with Crippen LogP contribution in [0.2, 0.25) is 0 Å². The molecule has 0 bridgehead atoms. The van der Waals surface area contributed by atoms with Crippen LogP contribution in [0.25, 0.3) is 33.3 Å². The molecular formula is C27H33N5O. The van der Waals surface area contributed by atoms with Crippen molar-refractivity contribution in [3.05, 3.63) is 70.3 Å². The SMILES string of the molecule is CC.Cc1cc(-c2[nH]c3cc(-c4ccc(N5CCNCC5)nc4)ccc3c2C)cn(C)c1=O. The number of hydrogen-bond donors (Lipinski definition) is 2. The molecule has 1 saturated heterocycles. The lowest BCUT2D eigenvalue weighted by Gasteiger charge is -2.28. The van der Waals surface area contributed by atoms with Gasteiger partial charge in [-0.25, -0.2) is 4.98 Å². The van der Waals surface area contributed by atoms with Crippen LogP contribution in [0, 0.1) is 13.8 Å². The fourth-order valence-electron chi connectivity index (χ4n) is 4.46. The van der Waals surface area contributed by atoms with Gasteiger partial charge in [0.1, 0.15) is 5.82 Å². The van der Waals surface area contributed by atoms with E-state index in [1.165, 1.54) is 10.9 Å². The molecule has 0 saturated carbocycles. The maximum atomic E-state index is 12.1. The van der Waals surface area contributed by atoms with Gasteiger partial charge in [-0.1, -0.05) is 26.0 Å². The summed E-state index contributed by atoms with van der Waals surface area (Å²) in [5.74, 6) is 1.04. The average molecular weight is 444 g/mol. The highest BCUT2D eigenvalue weighted by atomic mass is 16.1. The number of hydrogen-bond acceptors (Lipinski definition) is 4. The van der Waals surface area contributed by atoms with Gasteiger partial charge in [0.2, 0.25) is 0 Å². The van der Waals surface area contributed by atoms with Crippen LogP contribution < -0.4 is 15.8 Å². The van der Waals surface area contributed by atoms with E-state index in [0.717, 1.165) is 65.5 Å². The standard InChI is InChI=1S/C25H27N5O.C2H6/c1-16-12-20(15-29(3)25(16)31)24-17(2)21-6-4-18(13-22(21)28-24)19-5-7-23(27-14-19)30-10-8-26-9-11-30;1-2/h4-7,12-15,26,28H,8-11H2,1-3H3;1-2H3. The van der Waals surface area contributed by atoms with Crippen LogP contribution in [-0.2, 0) is 7.05 Å². The number of pyridine rings is 2. The molecule has 1 fully saturated rings. The Morgan fingerprint density at radius 2 is 1.67 bits per heavy atom. The van der Waals surface area contributed by atoms with Gasteiger partial charge >= 0.3 is 0 Å². The predicted molar refractivity (Wildman–Crippen MR) is 138 cm³/mol. The van der Waals surface area contributed by atoms with E-state index >= 15 is 0 Å². The first-order valence-electron chi connectivity index (χ1n) is 11.7. The van der Waals surface area contributed by atoms with Gasteiger partial charge in [-0.15, -0.1) is 0 Å². The van der Waals surface area contributed by atoms with Crippen LogP contribution in [0.3, 0.4) is 0 Å². The highest BCUT2D eigenvalue weighted by molar-refractivity contribution is 5.93. The molecule has 4 heterocycles. The van der Waals surface area contributed by atoms with Crippen molar-refractivity contribution >= 4 is 16.7 Å². The zero-order chi connectivity index (χ0) is 23.5. The Morgan fingerprint density at radius 3 is 2.33 bits per heavy atom. The number of benzene rings is 1. The lowest BCUT2D eigenvalue weighted by Crippen LogP contribution is -2.43. The summed E-state index contributed by atoms with van der Waals surface area (Å²) in [6, 6.07) is 12.7. The normalized spacial score (nSPS) is 13.7. The zero-order valence-corrected chi connectivity index (χ0v) is 20.2. The summed E-state index contributed by atoms with van der Waals surface area (Å²) >= 11 is 0. The predicted octanol–water partition coefficient (Wildman–Crippen LogP) is 4.65. The summed E-state index contributed by atoms with van der Waals surface area (Å²) < 4.78 is 1.65. The molecule has 6 nitrogen and oxygen atoms in total. The Morgan fingerprint density at radius 1 is 0.939 bits per heavy atom. The third-order valence-electron chi connectivity index (χ3n) is 6.23. The number of anilines is 1. The summed E-state index contributed by atoms with van der Waals surface area (Å²) in [5, 5.41) is 4.57. The van der Waals surface area contributed by atoms with E-state index in [9.17, 15) is 4.79 Å². The largest absolute Gasteiger partial charge is 0.354 e. The summed E-state index contributed by atoms with van der Waals surface area (Å²) in [6.07, 6.45) is 3.86. The van der Waals surface area contributed by atoms with Crippen molar-refractivity contribution in [3.63, 3.8) is 0 Å². The van der Waals surface area contributed by atoms with Crippen molar-refractivity contribution in [1.29, 1.82) is 0 Å². The van der Waals surface area contributed by atoms with Crippen LogP contribution in [0.1, 0.15) is 25.0 Å². The van der Waals surface area contributed by atoms with E-state index in [0.29, 0.717) is 0 Å². The average Bonchev–Trinajstić information content (AvgIpc) is 3.20. The molecule has 172 valence electrons. The monoisotopic (exact) mass is 443 g/mol. The molecule has 6 heteroatoms. The van der Waals surface area contributed by atoms with Crippen LogP contribution in [-0.4, -0.2) is 40.7 Å². The zero-order valence-electron chi connectivity index (χ0n) is 20.2. The molecule has 3 aromatic heterocycles. The number of piperazine rings is 1. The fourth-order valence-corrected chi connectivity index (χ4v) is 4.46. The number of aromatic amines is 1. The van der Waals surface area contributed by atoms with Gasteiger partial charge in [0.15, 0.2) is 0 Å². The van der Waals surface area contributed by atoms with Crippen molar-refractivity contribution in [2.75, 3.05) is 31.1 Å². The van der Waals surface area contributed by atoms with Gasteiger partial charge in [0.25, 0.3) is 5.56 Å². The molecule has 0 aliphatic carbocycles. The first-order chi connectivity index (χ1) is 16.0. The first-order valence-corrected chi connectivity index (χ1v) is 11.7. The molecule has 1 aliphatic heterocycles. The minimum atomic E-state index is 0.0385. The number of nitrogens with zero attached hydrogens (tertiary/aromatic N) is 3. The number of rotatable bonds is 3. The van der Waals surface area contributed by atoms with E-state index < -0.39 is 0 Å². The highest BCUT2D eigenvalue weighted by Gasteiger charge is 2.14. The summed E-state index contributed by atoms with van der Waals surface area (Å²) in [7, 11) is 1.80. The van der Waals surface area contributed by atoms with Gasteiger partial charge < -0.3 is 19.8 Å². The second kappa shape index (κ2) is 9.63. The number of nitrogens with one attached hydrogen (secondary N) is 2. The minimum absolute atomic E-state index is 0.0385. The Hall–Kier alpha value is -3.38. The van der Waals surface area contributed by atoms with Gasteiger partial charge in [-0.3, -0.25) is 4.79 Å². The summed E-state index contributed by atoms with van der Waals surface area (Å²) in [6.45, 7) is 12.0. The van der Waals surface area contributed by atoms with E-state index in [4.69, 9.17) is 4.98 Å². The van der Waals surface area contributed by atoms with Gasteiger partial charge in [-0.2, -0.15) is 0 Å². The molecule has 0 unspecified atom stereocenters. The molecule has 0 radical (unpaired) electrons. The third kappa shape index (κ3) is 4.44. The van der Waals surface area contributed by atoms with Crippen LogP contribution in [0.4, 0.5) is 5.82 Å². The molecule has 33 heavy (non-hydrogen) atoms. The van der Waals surface area contributed by atoms with Crippen LogP contribution in [0.15, 0.2) is 53.6 Å². The quantitative estimate of drug-likeness (QED) is 0.484. The van der Waals surface area contributed by atoms with E-state index in [1.54, 1.807) is 11.6 Å². The maximum Gasteiger partial charge on any atom is 0.253 e. The first kappa shape index (κ1) is 22.8. The van der Waals surface area contributed by atoms with E-state index in [-0.39, 0.29) is 5.56 Å². The van der Waals surface area contributed by atoms with Crippen molar-refractivity contribution in [2.45, 2.75) is 27.7 Å². The Balaban J connectivity index is 0.00000126. The van der Waals surface area contributed by atoms with Crippen LogP contribution in [0.5, 0.6) is 0 Å². The molecule has 2 N–H and O–H groups in total. The van der Waals surface area contributed by atoms with Gasteiger partial charge in [-0.05, 0) is 49.2 Å². The molecule has 4 aromatic rings. The molecule has 1 aromatic carbocycles. The maximum absolute atomic E-state index is 12.1. The summed E-state index contributed by atoms with van der Waals surface area (Å²) in [5.41, 5.74) is 7.37. The van der Waals surface area contributed by atoms with E-state index in [2.05, 4.69) is 52.5 Å². The van der Waals surface area contributed by atoms with Crippen molar-refractivity contribution < 1.29 is 0 Å². The number of aryl methyl sites for hydroxylation is 3. The van der Waals surface area contributed by atoms with Crippen molar-refractivity contribution in [3.8, 4) is 22.4 Å². The fraction of sp³-hybridized carbons (Fsp3) is 0.333. The topological polar surface area (TPSA) is 66.0 Å². The molecule has 0 amide bonds. The second-order valence-corrected chi connectivity index (χ2v) is 8.36. The Kier molecular flexibility index (Phi) is 6.65. The minimum Gasteiger partial charge on any atom is -0.354 e. The molecule has 0 spiro atoms. The molecular weight excluding hydrogens is 410 g/mol. The van der Waals surface area contributed by atoms with Crippen LogP contribution >= 0.6 is 0 Å². The van der Waals surface area contributed by atoms with Crippen molar-refractivity contribution in [1.82, 2.24) is 19.9 Å². The Bertz CT molecular complexity index is 1280. The van der Waals surface area contributed by atoms with Gasteiger partial charge in [0, 0.05) is 73.2 Å². The number of H-pyrrole nitrogens is 1. The summed E-state index contributed by atoms with van der Waals surface area (Å²) in [4.78, 5) is 22.7. The number of aromatic nitrogens is 3. The third-order valence-corrected chi connectivity index (χ3v) is 6.23. The lowest BCUT2D eigenvalue weighted by molar-refractivity contribution is 0.585.